The van der Waals surface area contributed by atoms with Crippen LogP contribution in [0.5, 0.6) is 11.6 Å². The van der Waals surface area contributed by atoms with Crippen LogP contribution >= 0.6 is 0 Å². The minimum absolute atomic E-state index is 0.0364. The Morgan fingerprint density at radius 2 is 1.97 bits per heavy atom. The number of amides is 1. The highest BCUT2D eigenvalue weighted by molar-refractivity contribution is 7.92. The van der Waals surface area contributed by atoms with Crippen molar-refractivity contribution in [1.82, 2.24) is 10.3 Å². The number of ether oxygens (including phenoxy) is 2. The fourth-order valence-corrected chi connectivity index (χ4v) is 3.59. The van der Waals surface area contributed by atoms with Crippen LogP contribution in [0, 0.1) is 12.7 Å². The molecule has 0 saturated carbocycles. The van der Waals surface area contributed by atoms with Gasteiger partial charge in [0.2, 0.25) is 16.1 Å². The van der Waals surface area contributed by atoms with Gasteiger partial charge in [-0.2, -0.15) is 13.2 Å². The lowest BCUT2D eigenvalue weighted by atomic mass is 10.0. The van der Waals surface area contributed by atoms with Crippen molar-refractivity contribution in [3.8, 4) is 11.6 Å². The second-order valence-corrected chi connectivity index (χ2v) is 8.96. The van der Waals surface area contributed by atoms with Crippen molar-refractivity contribution in [2.24, 2.45) is 0 Å². The maximum absolute atomic E-state index is 14.5. The van der Waals surface area contributed by atoms with E-state index in [-0.39, 0.29) is 23.6 Å². The fraction of sp³-hybridized carbons (Fsp3) is 0.368. The van der Waals surface area contributed by atoms with Crippen molar-refractivity contribution in [2.75, 3.05) is 17.6 Å². The van der Waals surface area contributed by atoms with Gasteiger partial charge in [-0.05, 0) is 43.7 Å². The number of nitrogens with zero attached hydrogens (tertiary/aromatic N) is 1. The van der Waals surface area contributed by atoms with Crippen LogP contribution in [0.1, 0.15) is 29.8 Å². The van der Waals surface area contributed by atoms with Crippen LogP contribution in [-0.4, -0.2) is 38.3 Å². The SMILES string of the molecule is Cc1cc([C@@H](C)NC(=O)C2COc3ccc(C(F)(F)F)nc3O2)c(F)cc1NS(C)(=O)=O. The molecule has 174 valence electrons. The highest BCUT2D eigenvalue weighted by Gasteiger charge is 2.36. The van der Waals surface area contributed by atoms with Gasteiger partial charge in [-0.1, -0.05) is 0 Å². The molecule has 0 bridgehead atoms. The predicted molar refractivity (Wildman–Crippen MR) is 105 cm³/mol. The number of carbonyl (C=O) groups is 1. The smallest absolute Gasteiger partial charge is 0.433 e. The average molecular weight is 477 g/mol. The maximum Gasteiger partial charge on any atom is 0.433 e. The van der Waals surface area contributed by atoms with Gasteiger partial charge in [-0.3, -0.25) is 9.52 Å². The second kappa shape index (κ2) is 8.45. The Hall–Kier alpha value is -3.09. The highest BCUT2D eigenvalue weighted by atomic mass is 32.2. The van der Waals surface area contributed by atoms with Gasteiger partial charge in [-0.25, -0.2) is 17.8 Å². The number of halogens is 4. The number of sulfonamides is 1. The zero-order valence-electron chi connectivity index (χ0n) is 17.1. The van der Waals surface area contributed by atoms with Crippen molar-refractivity contribution in [1.29, 1.82) is 0 Å². The van der Waals surface area contributed by atoms with E-state index in [9.17, 15) is 30.8 Å². The van der Waals surface area contributed by atoms with E-state index in [2.05, 4.69) is 15.0 Å². The minimum atomic E-state index is -4.70. The van der Waals surface area contributed by atoms with Crippen LogP contribution in [0.4, 0.5) is 23.2 Å². The Kier molecular flexibility index (Phi) is 6.22. The lowest BCUT2D eigenvalue weighted by molar-refractivity contribution is -0.141. The van der Waals surface area contributed by atoms with Gasteiger partial charge in [0.25, 0.3) is 11.8 Å². The van der Waals surface area contributed by atoms with E-state index in [1.807, 2.05) is 0 Å². The summed E-state index contributed by atoms with van der Waals surface area (Å²) in [5.74, 6) is -2.03. The van der Waals surface area contributed by atoms with Gasteiger partial charge in [-0.15, -0.1) is 0 Å². The molecular weight excluding hydrogens is 458 g/mol. The summed E-state index contributed by atoms with van der Waals surface area (Å²) in [6.07, 6.45) is -5.08. The van der Waals surface area contributed by atoms with Crippen molar-refractivity contribution < 1.29 is 40.2 Å². The molecule has 0 aliphatic carbocycles. The normalized spacial score (nSPS) is 16.9. The van der Waals surface area contributed by atoms with E-state index in [4.69, 9.17) is 9.47 Å². The first-order valence-electron chi connectivity index (χ1n) is 9.20. The summed E-state index contributed by atoms with van der Waals surface area (Å²) in [5, 5.41) is 2.50. The third-order valence-electron chi connectivity index (χ3n) is 4.52. The van der Waals surface area contributed by atoms with Crippen LogP contribution < -0.4 is 19.5 Å². The van der Waals surface area contributed by atoms with Crippen molar-refractivity contribution in [2.45, 2.75) is 32.2 Å². The molecule has 1 amide bonds. The largest absolute Gasteiger partial charge is 0.483 e. The lowest BCUT2D eigenvalue weighted by Crippen LogP contribution is -2.45. The molecule has 0 radical (unpaired) electrons. The topological polar surface area (TPSA) is 107 Å². The number of fused-ring (bicyclic) bond motifs is 1. The molecule has 2 N–H and O–H groups in total. The third-order valence-corrected chi connectivity index (χ3v) is 5.11. The predicted octanol–water partition coefficient (Wildman–Crippen LogP) is 2.94. The Morgan fingerprint density at radius 1 is 1.28 bits per heavy atom. The molecule has 0 fully saturated rings. The molecule has 2 heterocycles. The standard InChI is InChI=1S/C19H19F4N3O5S/c1-9-6-11(12(20)7-13(9)26-32(3,28)29)10(2)24-17(27)15-8-30-14-4-5-16(19(21,22)23)25-18(14)31-15/h4-7,10,15,26H,8H2,1-3H3,(H,24,27)/t10-,15?/m1/s1. The summed E-state index contributed by atoms with van der Waals surface area (Å²) in [6.45, 7) is 2.76. The number of alkyl halides is 3. The van der Waals surface area contributed by atoms with Crippen molar-refractivity contribution in [3.63, 3.8) is 0 Å². The van der Waals surface area contributed by atoms with E-state index in [1.54, 1.807) is 6.92 Å². The molecule has 8 nitrogen and oxygen atoms in total. The molecule has 0 saturated heterocycles. The Labute approximate surface area is 181 Å². The fourth-order valence-electron chi connectivity index (χ4n) is 2.97. The Morgan fingerprint density at radius 3 is 2.59 bits per heavy atom. The third kappa shape index (κ3) is 5.39. The molecule has 1 aromatic carbocycles. The molecule has 32 heavy (non-hydrogen) atoms. The highest BCUT2D eigenvalue weighted by Crippen LogP contribution is 2.35. The van der Waals surface area contributed by atoms with Crippen LogP contribution in [0.2, 0.25) is 0 Å². The molecule has 0 spiro atoms. The first-order valence-corrected chi connectivity index (χ1v) is 11.1. The van der Waals surface area contributed by atoms with Gasteiger partial charge in [0.15, 0.2) is 5.75 Å². The van der Waals surface area contributed by atoms with E-state index < -0.39 is 51.6 Å². The number of carbonyl (C=O) groups excluding carboxylic acids is 1. The molecule has 1 aliphatic rings. The van der Waals surface area contributed by atoms with Gasteiger partial charge in [0.05, 0.1) is 18.0 Å². The van der Waals surface area contributed by atoms with E-state index in [0.29, 0.717) is 5.56 Å². The minimum Gasteiger partial charge on any atom is -0.483 e. The molecule has 1 aliphatic heterocycles. The number of pyridine rings is 1. The van der Waals surface area contributed by atoms with Crippen LogP contribution in [0.15, 0.2) is 24.3 Å². The monoisotopic (exact) mass is 477 g/mol. The zero-order valence-corrected chi connectivity index (χ0v) is 17.9. The van der Waals surface area contributed by atoms with Gasteiger partial charge < -0.3 is 14.8 Å². The van der Waals surface area contributed by atoms with Crippen LogP contribution in [-0.2, 0) is 21.0 Å². The Balaban J connectivity index is 1.73. The lowest BCUT2D eigenvalue weighted by Gasteiger charge is -2.26. The average Bonchev–Trinajstić information content (AvgIpc) is 2.67. The molecular formula is C19H19F4N3O5S. The summed E-state index contributed by atoms with van der Waals surface area (Å²) >= 11 is 0. The molecule has 1 unspecified atom stereocenters. The van der Waals surface area contributed by atoms with Crippen LogP contribution in [0.3, 0.4) is 0 Å². The zero-order chi connectivity index (χ0) is 23.8. The van der Waals surface area contributed by atoms with E-state index in [0.717, 1.165) is 24.5 Å². The number of aromatic nitrogens is 1. The van der Waals surface area contributed by atoms with E-state index >= 15 is 0 Å². The van der Waals surface area contributed by atoms with Crippen molar-refractivity contribution >= 4 is 21.6 Å². The van der Waals surface area contributed by atoms with Gasteiger partial charge in [0, 0.05) is 5.56 Å². The summed E-state index contributed by atoms with van der Waals surface area (Å²) < 4.78 is 88.6. The summed E-state index contributed by atoms with van der Waals surface area (Å²) in [7, 11) is -3.61. The molecule has 13 heteroatoms. The Bertz CT molecular complexity index is 1150. The van der Waals surface area contributed by atoms with Gasteiger partial charge in [0.1, 0.15) is 18.1 Å². The van der Waals surface area contributed by atoms with Crippen molar-refractivity contribution in [3.05, 3.63) is 46.9 Å². The number of hydrogen-bond donors (Lipinski definition) is 2. The van der Waals surface area contributed by atoms with E-state index in [1.165, 1.54) is 13.0 Å². The first kappa shape index (κ1) is 23.6. The number of hydrogen-bond acceptors (Lipinski definition) is 6. The first-order chi connectivity index (χ1) is 14.7. The number of anilines is 1. The summed E-state index contributed by atoms with van der Waals surface area (Å²) in [6, 6.07) is 3.28. The number of nitrogens with one attached hydrogen (secondary N) is 2. The summed E-state index contributed by atoms with van der Waals surface area (Å²) in [4.78, 5) is 15.9. The number of benzene rings is 1. The quantitative estimate of drug-likeness (QED) is 0.642. The number of rotatable bonds is 5. The molecule has 2 atom stereocenters. The molecule has 3 rings (SSSR count). The maximum atomic E-state index is 14.5. The number of aryl methyl sites for hydroxylation is 1. The van der Waals surface area contributed by atoms with Crippen LogP contribution in [0.25, 0.3) is 0 Å². The second-order valence-electron chi connectivity index (χ2n) is 7.21. The molecule has 2 aromatic rings. The molecule has 1 aromatic heterocycles. The van der Waals surface area contributed by atoms with Gasteiger partial charge >= 0.3 is 6.18 Å². The summed E-state index contributed by atoms with van der Waals surface area (Å²) in [5.41, 5.74) is -0.651.